The third kappa shape index (κ3) is 3.55. The van der Waals surface area contributed by atoms with Crippen molar-refractivity contribution in [2.45, 2.75) is 13.3 Å². The molecule has 0 bridgehead atoms. The summed E-state index contributed by atoms with van der Waals surface area (Å²) in [5.74, 6) is -0.0196. The minimum atomic E-state index is -0.0196. The van der Waals surface area contributed by atoms with Crippen molar-refractivity contribution in [2.75, 3.05) is 36.5 Å². The lowest BCUT2D eigenvalue weighted by Gasteiger charge is -2.24. The van der Waals surface area contributed by atoms with Crippen LogP contribution < -0.4 is 21.7 Å². The Morgan fingerprint density at radius 2 is 2.06 bits per heavy atom. The summed E-state index contributed by atoms with van der Waals surface area (Å²) in [6, 6.07) is 5.44. The van der Waals surface area contributed by atoms with Crippen molar-refractivity contribution >= 4 is 23.0 Å². The first-order valence-electron chi connectivity index (χ1n) is 5.69. The number of benzene rings is 1. The van der Waals surface area contributed by atoms with E-state index in [9.17, 15) is 4.79 Å². The number of amides is 1. The zero-order valence-electron chi connectivity index (χ0n) is 10.4. The van der Waals surface area contributed by atoms with Gasteiger partial charge in [0.15, 0.2) is 0 Å². The maximum atomic E-state index is 11.4. The fourth-order valence-electron chi connectivity index (χ4n) is 1.58. The van der Waals surface area contributed by atoms with E-state index in [-0.39, 0.29) is 5.91 Å². The lowest BCUT2D eigenvalue weighted by molar-refractivity contribution is -0.119. The number of rotatable bonds is 5. The Kier molecular flexibility index (Phi) is 4.63. The molecule has 0 saturated carbocycles. The molecule has 5 N–H and O–H groups in total. The first-order valence-corrected chi connectivity index (χ1v) is 5.69. The minimum absolute atomic E-state index is 0.0196. The van der Waals surface area contributed by atoms with Crippen molar-refractivity contribution in [1.82, 2.24) is 5.32 Å². The van der Waals surface area contributed by atoms with Gasteiger partial charge in [0.1, 0.15) is 0 Å². The van der Waals surface area contributed by atoms with Crippen molar-refractivity contribution < 1.29 is 4.79 Å². The van der Waals surface area contributed by atoms with Crippen molar-refractivity contribution in [2.24, 2.45) is 0 Å². The van der Waals surface area contributed by atoms with Gasteiger partial charge in [-0.05, 0) is 24.6 Å². The van der Waals surface area contributed by atoms with E-state index in [0.29, 0.717) is 17.9 Å². The molecule has 0 aliphatic rings. The molecule has 0 aromatic heterocycles. The fraction of sp³-hybridized carbons (Fsp3) is 0.417. The highest BCUT2D eigenvalue weighted by Crippen LogP contribution is 2.23. The molecule has 1 rings (SSSR count). The molecule has 0 radical (unpaired) electrons. The number of carbonyl (C=O) groups excluding carboxylic acids is 1. The first-order chi connectivity index (χ1) is 8.08. The number of nitrogens with zero attached hydrogens (tertiary/aromatic N) is 1. The Hall–Kier alpha value is -1.91. The number of nitrogens with one attached hydrogen (secondary N) is 1. The van der Waals surface area contributed by atoms with Crippen LogP contribution in [0.2, 0.25) is 0 Å². The highest BCUT2D eigenvalue weighted by molar-refractivity contribution is 5.82. The van der Waals surface area contributed by atoms with Gasteiger partial charge >= 0.3 is 0 Å². The molecular formula is C12H20N4O. The van der Waals surface area contributed by atoms with Crippen LogP contribution in [0.4, 0.5) is 17.1 Å². The third-order valence-corrected chi connectivity index (χ3v) is 2.54. The van der Waals surface area contributed by atoms with Gasteiger partial charge in [0.25, 0.3) is 0 Å². The maximum absolute atomic E-state index is 11.4. The van der Waals surface area contributed by atoms with Gasteiger partial charge in [-0.25, -0.2) is 0 Å². The largest absolute Gasteiger partial charge is 0.397 e. The standard InChI is InChI=1S/C12H20N4O/c1-3-6-16(8-12(17)15-2)9-4-5-10(13)11(14)7-9/h4-5,7H,3,6,8,13-14H2,1-2H3,(H,15,17). The molecule has 0 atom stereocenters. The summed E-state index contributed by atoms with van der Waals surface area (Å²) >= 11 is 0. The number of likely N-dealkylation sites (N-methyl/N-ethyl adjacent to an activating group) is 1. The molecule has 1 aromatic rings. The van der Waals surface area contributed by atoms with Crippen LogP contribution >= 0.6 is 0 Å². The minimum Gasteiger partial charge on any atom is -0.397 e. The van der Waals surface area contributed by atoms with Gasteiger partial charge in [0.2, 0.25) is 5.91 Å². The molecule has 0 unspecified atom stereocenters. The number of hydrogen-bond acceptors (Lipinski definition) is 4. The van der Waals surface area contributed by atoms with Gasteiger partial charge in [-0.2, -0.15) is 0 Å². The summed E-state index contributed by atoms with van der Waals surface area (Å²) in [6.07, 6.45) is 0.960. The van der Waals surface area contributed by atoms with Gasteiger partial charge < -0.3 is 21.7 Å². The van der Waals surface area contributed by atoms with E-state index < -0.39 is 0 Å². The van der Waals surface area contributed by atoms with Crippen LogP contribution in [-0.4, -0.2) is 26.0 Å². The molecule has 94 valence electrons. The van der Waals surface area contributed by atoms with Crippen molar-refractivity contribution in [3.63, 3.8) is 0 Å². The van der Waals surface area contributed by atoms with E-state index in [0.717, 1.165) is 18.7 Å². The highest BCUT2D eigenvalue weighted by atomic mass is 16.1. The second-order valence-corrected chi connectivity index (χ2v) is 3.91. The van der Waals surface area contributed by atoms with Crippen molar-refractivity contribution in [1.29, 1.82) is 0 Å². The zero-order valence-corrected chi connectivity index (χ0v) is 10.4. The van der Waals surface area contributed by atoms with E-state index in [2.05, 4.69) is 12.2 Å². The molecule has 0 saturated heterocycles. The van der Waals surface area contributed by atoms with E-state index >= 15 is 0 Å². The Bertz CT molecular complexity index is 392. The van der Waals surface area contributed by atoms with Gasteiger partial charge in [-0.1, -0.05) is 6.92 Å². The van der Waals surface area contributed by atoms with E-state index in [1.54, 1.807) is 19.2 Å². The van der Waals surface area contributed by atoms with Gasteiger partial charge in [0, 0.05) is 19.3 Å². The zero-order chi connectivity index (χ0) is 12.8. The molecule has 5 heteroatoms. The Balaban J connectivity index is 2.88. The second-order valence-electron chi connectivity index (χ2n) is 3.91. The van der Waals surface area contributed by atoms with E-state index in [1.807, 2.05) is 11.0 Å². The highest BCUT2D eigenvalue weighted by Gasteiger charge is 2.10. The van der Waals surface area contributed by atoms with Crippen molar-refractivity contribution in [3.8, 4) is 0 Å². The van der Waals surface area contributed by atoms with Crippen LogP contribution in [0.1, 0.15) is 13.3 Å². The van der Waals surface area contributed by atoms with Crippen LogP contribution in [0, 0.1) is 0 Å². The molecule has 0 heterocycles. The maximum Gasteiger partial charge on any atom is 0.239 e. The quantitative estimate of drug-likeness (QED) is 0.661. The predicted molar refractivity (Wildman–Crippen MR) is 71.8 cm³/mol. The molecule has 0 spiro atoms. The first kappa shape index (κ1) is 13.2. The average Bonchev–Trinajstić information content (AvgIpc) is 2.32. The average molecular weight is 236 g/mol. The summed E-state index contributed by atoms with van der Waals surface area (Å²) in [4.78, 5) is 13.4. The lowest BCUT2D eigenvalue weighted by Crippen LogP contribution is -2.36. The van der Waals surface area contributed by atoms with E-state index in [4.69, 9.17) is 11.5 Å². The number of nitrogens with two attached hydrogens (primary N) is 2. The molecule has 0 aliphatic heterocycles. The number of carbonyl (C=O) groups is 1. The summed E-state index contributed by atoms with van der Waals surface area (Å²) in [7, 11) is 1.63. The van der Waals surface area contributed by atoms with Gasteiger partial charge in [-0.3, -0.25) is 4.79 Å². The second kappa shape index (κ2) is 5.98. The molecule has 17 heavy (non-hydrogen) atoms. The lowest BCUT2D eigenvalue weighted by atomic mass is 10.2. The SMILES string of the molecule is CCCN(CC(=O)NC)c1ccc(N)c(N)c1. The van der Waals surface area contributed by atoms with Crippen LogP contribution in [0.3, 0.4) is 0 Å². The molecule has 1 amide bonds. The predicted octanol–water partition coefficient (Wildman–Crippen LogP) is 0.813. The molecule has 0 fully saturated rings. The normalized spacial score (nSPS) is 10.0. The van der Waals surface area contributed by atoms with Crippen LogP contribution in [-0.2, 0) is 4.79 Å². The van der Waals surface area contributed by atoms with Crippen LogP contribution in [0.25, 0.3) is 0 Å². The monoisotopic (exact) mass is 236 g/mol. The number of anilines is 3. The Labute approximate surface area is 102 Å². The van der Waals surface area contributed by atoms with Crippen LogP contribution in [0.5, 0.6) is 0 Å². The Morgan fingerprint density at radius 1 is 1.35 bits per heavy atom. The van der Waals surface area contributed by atoms with Crippen LogP contribution in [0.15, 0.2) is 18.2 Å². The molecular weight excluding hydrogens is 216 g/mol. The van der Waals surface area contributed by atoms with Crippen molar-refractivity contribution in [3.05, 3.63) is 18.2 Å². The summed E-state index contributed by atoms with van der Waals surface area (Å²) in [5, 5.41) is 2.61. The topological polar surface area (TPSA) is 84.4 Å². The van der Waals surface area contributed by atoms with Gasteiger partial charge in [-0.15, -0.1) is 0 Å². The number of hydrogen-bond donors (Lipinski definition) is 3. The summed E-state index contributed by atoms with van der Waals surface area (Å²) in [5.41, 5.74) is 13.5. The number of nitrogen functional groups attached to an aromatic ring is 2. The Morgan fingerprint density at radius 3 is 2.59 bits per heavy atom. The molecule has 5 nitrogen and oxygen atoms in total. The fourth-order valence-corrected chi connectivity index (χ4v) is 1.58. The third-order valence-electron chi connectivity index (χ3n) is 2.54. The summed E-state index contributed by atoms with van der Waals surface area (Å²) < 4.78 is 0. The van der Waals surface area contributed by atoms with E-state index in [1.165, 1.54) is 0 Å². The summed E-state index contributed by atoms with van der Waals surface area (Å²) in [6.45, 7) is 3.20. The van der Waals surface area contributed by atoms with Gasteiger partial charge in [0.05, 0.1) is 17.9 Å². The smallest absolute Gasteiger partial charge is 0.239 e. The molecule has 1 aromatic carbocycles. The molecule has 0 aliphatic carbocycles.